The molecule has 1 saturated carbocycles. The van der Waals surface area contributed by atoms with Gasteiger partial charge < -0.3 is 10.4 Å². The van der Waals surface area contributed by atoms with E-state index in [0.29, 0.717) is 11.5 Å². The summed E-state index contributed by atoms with van der Waals surface area (Å²) in [7, 11) is 0. The lowest BCUT2D eigenvalue weighted by Crippen LogP contribution is -2.53. The highest BCUT2D eigenvalue weighted by molar-refractivity contribution is 6.01. The molecule has 21 heavy (non-hydrogen) atoms. The highest BCUT2D eigenvalue weighted by Gasteiger charge is 2.35. The Hall–Kier alpha value is -1.88. The van der Waals surface area contributed by atoms with Crippen molar-refractivity contribution in [1.82, 2.24) is 14.9 Å². The second-order valence-corrected chi connectivity index (χ2v) is 6.16. The van der Waals surface area contributed by atoms with E-state index < -0.39 is 5.54 Å². The molecule has 0 bridgehead atoms. The van der Waals surface area contributed by atoms with Gasteiger partial charge in [0.1, 0.15) is 0 Å². The molecule has 5 nitrogen and oxygen atoms in total. The maximum Gasteiger partial charge on any atom is 0.255 e. The van der Waals surface area contributed by atoms with E-state index in [2.05, 4.69) is 17.3 Å². The molecule has 0 aliphatic heterocycles. The van der Waals surface area contributed by atoms with Gasteiger partial charge in [0.05, 0.1) is 29.4 Å². The number of aliphatic hydroxyl groups is 1. The van der Waals surface area contributed by atoms with Crippen molar-refractivity contribution in [2.24, 2.45) is 5.92 Å². The van der Waals surface area contributed by atoms with Crippen LogP contribution in [0.5, 0.6) is 0 Å². The SMILES string of the molecule is CC1CCC(CO)(NC(=O)c2cnn3ccccc23)CC1. The van der Waals surface area contributed by atoms with Gasteiger partial charge >= 0.3 is 0 Å². The molecule has 0 saturated heterocycles. The van der Waals surface area contributed by atoms with Crippen molar-refractivity contribution in [2.45, 2.75) is 38.1 Å². The van der Waals surface area contributed by atoms with Crippen molar-refractivity contribution in [3.05, 3.63) is 36.2 Å². The van der Waals surface area contributed by atoms with Gasteiger partial charge in [-0.05, 0) is 43.7 Å². The Morgan fingerprint density at radius 3 is 2.95 bits per heavy atom. The Labute approximate surface area is 124 Å². The van der Waals surface area contributed by atoms with E-state index in [4.69, 9.17) is 0 Å². The number of nitrogens with zero attached hydrogens (tertiary/aromatic N) is 2. The summed E-state index contributed by atoms with van der Waals surface area (Å²) in [6.45, 7) is 2.21. The van der Waals surface area contributed by atoms with Gasteiger partial charge in [0.15, 0.2) is 0 Å². The molecule has 0 spiro atoms. The first-order chi connectivity index (χ1) is 10.1. The fraction of sp³-hybridized carbons (Fsp3) is 0.500. The summed E-state index contributed by atoms with van der Waals surface area (Å²) in [6.07, 6.45) is 7.13. The van der Waals surface area contributed by atoms with Crippen molar-refractivity contribution in [1.29, 1.82) is 0 Å². The lowest BCUT2D eigenvalue weighted by Gasteiger charge is -2.38. The summed E-state index contributed by atoms with van der Waals surface area (Å²) >= 11 is 0. The van der Waals surface area contributed by atoms with Crippen LogP contribution >= 0.6 is 0 Å². The standard InChI is InChI=1S/C16H21N3O2/c1-12-5-7-16(11-20,8-6-12)18-15(21)13-10-17-19-9-3-2-4-14(13)19/h2-4,9-10,12,20H,5-8,11H2,1H3,(H,18,21). The quantitative estimate of drug-likeness (QED) is 0.907. The van der Waals surface area contributed by atoms with Crippen LogP contribution < -0.4 is 5.32 Å². The molecule has 0 radical (unpaired) electrons. The fourth-order valence-corrected chi connectivity index (χ4v) is 3.06. The van der Waals surface area contributed by atoms with E-state index in [0.717, 1.165) is 31.2 Å². The van der Waals surface area contributed by atoms with Crippen molar-refractivity contribution < 1.29 is 9.90 Å². The number of amides is 1. The van der Waals surface area contributed by atoms with Crippen LogP contribution in [0.25, 0.3) is 5.52 Å². The highest BCUT2D eigenvalue weighted by Crippen LogP contribution is 2.32. The molecule has 2 N–H and O–H groups in total. The number of rotatable bonds is 3. The number of aromatic nitrogens is 2. The summed E-state index contributed by atoms with van der Waals surface area (Å²) in [6, 6.07) is 5.63. The molecule has 2 aromatic heterocycles. The lowest BCUT2D eigenvalue weighted by molar-refractivity contribution is 0.0718. The molecule has 1 aliphatic carbocycles. The average molecular weight is 287 g/mol. The van der Waals surface area contributed by atoms with E-state index in [9.17, 15) is 9.90 Å². The van der Waals surface area contributed by atoms with Crippen LogP contribution in [0.4, 0.5) is 0 Å². The van der Waals surface area contributed by atoms with Gasteiger partial charge in [-0.15, -0.1) is 0 Å². The molecule has 3 rings (SSSR count). The number of nitrogens with one attached hydrogen (secondary N) is 1. The summed E-state index contributed by atoms with van der Waals surface area (Å²) < 4.78 is 1.68. The Kier molecular flexibility index (Phi) is 3.68. The number of hydrogen-bond donors (Lipinski definition) is 2. The molecular weight excluding hydrogens is 266 g/mol. The molecular formula is C16H21N3O2. The zero-order valence-corrected chi connectivity index (χ0v) is 12.2. The third-order valence-electron chi connectivity index (χ3n) is 4.58. The Bertz CT molecular complexity index is 642. The molecule has 5 heteroatoms. The monoisotopic (exact) mass is 287 g/mol. The molecule has 2 heterocycles. The van der Waals surface area contributed by atoms with Crippen LogP contribution in [0.15, 0.2) is 30.6 Å². The first-order valence-electron chi connectivity index (χ1n) is 7.49. The molecule has 2 aromatic rings. The minimum absolute atomic E-state index is 0.00925. The van der Waals surface area contributed by atoms with Gasteiger partial charge in [-0.25, -0.2) is 4.52 Å². The topological polar surface area (TPSA) is 66.6 Å². The molecule has 0 aromatic carbocycles. The van der Waals surface area contributed by atoms with Crippen molar-refractivity contribution >= 4 is 11.4 Å². The smallest absolute Gasteiger partial charge is 0.255 e. The summed E-state index contributed by atoms with van der Waals surface area (Å²) in [5, 5.41) is 17.0. The number of hydrogen-bond acceptors (Lipinski definition) is 3. The van der Waals surface area contributed by atoms with Crippen molar-refractivity contribution in [3.63, 3.8) is 0 Å². The van der Waals surface area contributed by atoms with E-state index in [1.165, 1.54) is 0 Å². The first kappa shape index (κ1) is 14.1. The van der Waals surface area contributed by atoms with Crippen LogP contribution in [0, 0.1) is 5.92 Å². The second kappa shape index (κ2) is 5.48. The van der Waals surface area contributed by atoms with Gasteiger partial charge in [-0.3, -0.25) is 4.79 Å². The van der Waals surface area contributed by atoms with E-state index >= 15 is 0 Å². The fourth-order valence-electron chi connectivity index (χ4n) is 3.06. The van der Waals surface area contributed by atoms with Gasteiger partial charge in [0.2, 0.25) is 0 Å². The number of fused-ring (bicyclic) bond motifs is 1. The van der Waals surface area contributed by atoms with Crippen molar-refractivity contribution in [3.8, 4) is 0 Å². The molecule has 0 unspecified atom stereocenters. The maximum atomic E-state index is 12.6. The van der Waals surface area contributed by atoms with E-state index in [1.54, 1.807) is 10.7 Å². The van der Waals surface area contributed by atoms with E-state index in [-0.39, 0.29) is 12.5 Å². The van der Waals surface area contributed by atoms with Crippen LogP contribution in [0.1, 0.15) is 43.0 Å². The Balaban J connectivity index is 1.82. The minimum Gasteiger partial charge on any atom is -0.394 e. The third-order valence-corrected chi connectivity index (χ3v) is 4.58. The number of pyridine rings is 1. The largest absolute Gasteiger partial charge is 0.394 e. The lowest BCUT2D eigenvalue weighted by atomic mass is 9.77. The summed E-state index contributed by atoms with van der Waals surface area (Å²) in [4.78, 5) is 12.6. The predicted octanol–water partition coefficient (Wildman–Crippen LogP) is 2.01. The first-order valence-corrected chi connectivity index (χ1v) is 7.49. The van der Waals surface area contributed by atoms with Gasteiger partial charge in [-0.2, -0.15) is 5.10 Å². The summed E-state index contributed by atoms with van der Waals surface area (Å²) in [5.74, 6) is 0.512. The Morgan fingerprint density at radius 2 is 2.24 bits per heavy atom. The Morgan fingerprint density at radius 1 is 1.48 bits per heavy atom. The number of carbonyl (C=O) groups excluding carboxylic acids is 1. The number of aliphatic hydroxyl groups excluding tert-OH is 1. The van der Waals surface area contributed by atoms with Crippen LogP contribution in [-0.2, 0) is 0 Å². The molecule has 1 aliphatic rings. The van der Waals surface area contributed by atoms with Crippen LogP contribution in [0.3, 0.4) is 0 Å². The average Bonchev–Trinajstić information content (AvgIpc) is 2.94. The molecule has 112 valence electrons. The van der Waals surface area contributed by atoms with Crippen molar-refractivity contribution in [2.75, 3.05) is 6.61 Å². The number of carbonyl (C=O) groups is 1. The summed E-state index contributed by atoms with van der Waals surface area (Å²) in [5.41, 5.74) is 0.862. The molecule has 1 fully saturated rings. The van der Waals surface area contributed by atoms with Crippen LogP contribution in [-0.4, -0.2) is 32.8 Å². The third kappa shape index (κ3) is 2.65. The van der Waals surface area contributed by atoms with Gasteiger partial charge in [-0.1, -0.05) is 13.0 Å². The normalized spacial score (nSPS) is 25.9. The zero-order chi connectivity index (χ0) is 14.9. The van der Waals surface area contributed by atoms with E-state index in [1.807, 2.05) is 24.4 Å². The van der Waals surface area contributed by atoms with Gasteiger partial charge in [0.25, 0.3) is 5.91 Å². The van der Waals surface area contributed by atoms with Crippen LogP contribution in [0.2, 0.25) is 0 Å². The molecule has 1 amide bonds. The minimum atomic E-state index is -0.480. The highest BCUT2D eigenvalue weighted by atomic mass is 16.3. The maximum absolute atomic E-state index is 12.6. The predicted molar refractivity (Wildman–Crippen MR) is 80.1 cm³/mol. The molecule has 0 atom stereocenters. The zero-order valence-electron chi connectivity index (χ0n) is 12.2. The van der Waals surface area contributed by atoms with Gasteiger partial charge in [0, 0.05) is 6.20 Å². The second-order valence-electron chi connectivity index (χ2n) is 6.16.